The zero-order valence-corrected chi connectivity index (χ0v) is 9.12. The van der Waals surface area contributed by atoms with Crippen molar-refractivity contribution in [3.63, 3.8) is 0 Å². The van der Waals surface area contributed by atoms with Gasteiger partial charge in [-0.1, -0.05) is 20.3 Å². The second-order valence-electron chi connectivity index (χ2n) is 3.62. The van der Waals surface area contributed by atoms with E-state index in [4.69, 9.17) is 0 Å². The zero-order chi connectivity index (χ0) is 8.81. The van der Waals surface area contributed by atoms with Crippen LogP contribution in [0.1, 0.15) is 39.5 Å². The van der Waals surface area contributed by atoms with Gasteiger partial charge in [0.1, 0.15) is 0 Å². The van der Waals surface area contributed by atoms with Gasteiger partial charge in [0.05, 0.1) is 0 Å². The first-order valence-corrected chi connectivity index (χ1v) is 6.36. The lowest BCUT2D eigenvalue weighted by molar-refractivity contribution is 0.414. The summed E-state index contributed by atoms with van der Waals surface area (Å²) in [5.41, 5.74) is 0. The first-order chi connectivity index (χ1) is 5.86. The average molecular weight is 187 g/mol. The monoisotopic (exact) mass is 187 g/mol. The maximum atomic E-state index is 3.75. The van der Waals surface area contributed by atoms with Gasteiger partial charge in [-0.2, -0.15) is 11.8 Å². The molecule has 0 amide bonds. The lowest BCUT2D eigenvalue weighted by Crippen LogP contribution is -2.37. The van der Waals surface area contributed by atoms with Crippen molar-refractivity contribution in [3.05, 3.63) is 0 Å². The number of thioether (sulfide) groups is 1. The van der Waals surface area contributed by atoms with E-state index in [1.165, 1.54) is 37.2 Å². The summed E-state index contributed by atoms with van der Waals surface area (Å²) >= 11 is 2.09. The molecule has 1 saturated heterocycles. The van der Waals surface area contributed by atoms with Crippen molar-refractivity contribution >= 4 is 11.8 Å². The highest BCUT2D eigenvalue weighted by atomic mass is 32.2. The molecule has 72 valence electrons. The first-order valence-electron chi connectivity index (χ1n) is 5.20. The first kappa shape index (κ1) is 10.4. The van der Waals surface area contributed by atoms with Crippen molar-refractivity contribution in [2.24, 2.45) is 0 Å². The fourth-order valence-electron chi connectivity index (χ4n) is 1.75. The average Bonchev–Trinajstić information content (AvgIpc) is 2.56. The molecule has 1 heterocycles. The van der Waals surface area contributed by atoms with Crippen LogP contribution in [0.2, 0.25) is 0 Å². The third-order valence-corrected chi connectivity index (χ3v) is 3.69. The molecule has 0 aromatic rings. The molecule has 0 aromatic carbocycles. The molecule has 1 fully saturated rings. The number of hydrogen-bond acceptors (Lipinski definition) is 2. The van der Waals surface area contributed by atoms with Gasteiger partial charge in [0.2, 0.25) is 0 Å². The Morgan fingerprint density at radius 2 is 2.33 bits per heavy atom. The van der Waals surface area contributed by atoms with E-state index in [1.54, 1.807) is 0 Å². The van der Waals surface area contributed by atoms with Crippen LogP contribution in [0.5, 0.6) is 0 Å². The van der Waals surface area contributed by atoms with E-state index in [9.17, 15) is 0 Å². The Balaban J connectivity index is 2.16. The van der Waals surface area contributed by atoms with Crippen LogP contribution in [0.25, 0.3) is 0 Å². The third-order valence-electron chi connectivity index (χ3n) is 2.53. The lowest BCUT2D eigenvalue weighted by Gasteiger charge is -2.20. The maximum absolute atomic E-state index is 3.75. The molecule has 1 aliphatic heterocycles. The maximum Gasteiger partial charge on any atom is 0.0168 e. The second kappa shape index (κ2) is 5.87. The highest BCUT2D eigenvalue weighted by Gasteiger charge is 2.17. The Morgan fingerprint density at radius 3 is 2.83 bits per heavy atom. The smallest absolute Gasteiger partial charge is 0.0168 e. The van der Waals surface area contributed by atoms with E-state index in [0.717, 1.165) is 12.1 Å². The zero-order valence-electron chi connectivity index (χ0n) is 8.31. The van der Waals surface area contributed by atoms with Gasteiger partial charge in [0.25, 0.3) is 0 Å². The van der Waals surface area contributed by atoms with Crippen LogP contribution in [0, 0.1) is 0 Å². The van der Waals surface area contributed by atoms with Gasteiger partial charge in [-0.3, -0.25) is 0 Å². The van der Waals surface area contributed by atoms with E-state index >= 15 is 0 Å². The van der Waals surface area contributed by atoms with Gasteiger partial charge < -0.3 is 5.32 Å². The normalized spacial score (nSPS) is 26.0. The van der Waals surface area contributed by atoms with E-state index in [0.29, 0.717) is 0 Å². The van der Waals surface area contributed by atoms with Crippen LogP contribution >= 0.6 is 11.8 Å². The van der Waals surface area contributed by atoms with Crippen molar-refractivity contribution in [1.82, 2.24) is 5.32 Å². The molecule has 0 aromatic heterocycles. The SMILES string of the molecule is CCCC(CC)NC1CCSC1. The van der Waals surface area contributed by atoms with Crippen molar-refractivity contribution < 1.29 is 0 Å². The standard InChI is InChI=1S/C10H21NS/c1-3-5-9(4-2)11-10-6-7-12-8-10/h9-11H,3-8H2,1-2H3. The van der Waals surface area contributed by atoms with Gasteiger partial charge in [0, 0.05) is 17.8 Å². The largest absolute Gasteiger partial charge is 0.310 e. The molecule has 2 unspecified atom stereocenters. The number of rotatable bonds is 5. The van der Waals surface area contributed by atoms with Crippen molar-refractivity contribution in [3.8, 4) is 0 Å². The van der Waals surface area contributed by atoms with Gasteiger partial charge in [0.15, 0.2) is 0 Å². The van der Waals surface area contributed by atoms with Crippen LogP contribution in [-0.2, 0) is 0 Å². The molecule has 2 heteroatoms. The molecule has 1 rings (SSSR count). The molecular weight excluding hydrogens is 166 g/mol. The van der Waals surface area contributed by atoms with Crippen LogP contribution in [0.15, 0.2) is 0 Å². The molecule has 12 heavy (non-hydrogen) atoms. The van der Waals surface area contributed by atoms with Gasteiger partial charge in [-0.25, -0.2) is 0 Å². The predicted molar refractivity (Wildman–Crippen MR) is 57.9 cm³/mol. The van der Waals surface area contributed by atoms with E-state index < -0.39 is 0 Å². The molecule has 1 nitrogen and oxygen atoms in total. The summed E-state index contributed by atoms with van der Waals surface area (Å²) in [6.45, 7) is 4.56. The summed E-state index contributed by atoms with van der Waals surface area (Å²) in [7, 11) is 0. The van der Waals surface area contributed by atoms with Crippen LogP contribution < -0.4 is 5.32 Å². The summed E-state index contributed by atoms with van der Waals surface area (Å²) in [4.78, 5) is 0. The Kier molecular flexibility index (Phi) is 5.08. The highest BCUT2D eigenvalue weighted by Crippen LogP contribution is 2.18. The van der Waals surface area contributed by atoms with Crippen molar-refractivity contribution in [1.29, 1.82) is 0 Å². The Labute approximate surface area is 80.7 Å². The van der Waals surface area contributed by atoms with Gasteiger partial charge >= 0.3 is 0 Å². The summed E-state index contributed by atoms with van der Waals surface area (Å²) in [5.74, 6) is 2.69. The fourth-order valence-corrected chi connectivity index (χ4v) is 2.92. The van der Waals surface area contributed by atoms with Crippen molar-refractivity contribution in [2.45, 2.75) is 51.6 Å². The number of nitrogens with one attached hydrogen (secondary N) is 1. The molecular formula is C10H21NS. The summed E-state index contributed by atoms with van der Waals surface area (Å²) < 4.78 is 0. The Morgan fingerprint density at radius 1 is 1.50 bits per heavy atom. The van der Waals surface area contributed by atoms with E-state index in [2.05, 4.69) is 30.9 Å². The Hall–Kier alpha value is 0.310. The molecule has 0 bridgehead atoms. The van der Waals surface area contributed by atoms with E-state index in [1.807, 2.05) is 0 Å². The molecule has 1 N–H and O–H groups in total. The molecule has 2 atom stereocenters. The minimum absolute atomic E-state index is 0.777. The minimum Gasteiger partial charge on any atom is -0.310 e. The third kappa shape index (κ3) is 3.36. The number of hydrogen-bond donors (Lipinski definition) is 1. The van der Waals surface area contributed by atoms with Crippen LogP contribution in [0.4, 0.5) is 0 Å². The van der Waals surface area contributed by atoms with E-state index in [-0.39, 0.29) is 0 Å². The summed E-state index contributed by atoms with van der Waals surface area (Å²) in [6, 6.07) is 1.59. The highest BCUT2D eigenvalue weighted by molar-refractivity contribution is 7.99. The molecule has 0 aliphatic carbocycles. The van der Waals surface area contributed by atoms with Gasteiger partial charge in [-0.05, 0) is 25.0 Å². The molecule has 0 saturated carbocycles. The van der Waals surface area contributed by atoms with Crippen molar-refractivity contribution in [2.75, 3.05) is 11.5 Å². The van der Waals surface area contributed by atoms with Gasteiger partial charge in [-0.15, -0.1) is 0 Å². The molecule has 1 aliphatic rings. The second-order valence-corrected chi connectivity index (χ2v) is 4.77. The Bertz CT molecular complexity index is 110. The topological polar surface area (TPSA) is 12.0 Å². The summed E-state index contributed by atoms with van der Waals surface area (Å²) in [5, 5.41) is 3.75. The molecule has 0 radical (unpaired) electrons. The predicted octanol–water partition coefficient (Wildman–Crippen LogP) is 2.66. The lowest BCUT2D eigenvalue weighted by atomic mass is 10.1. The quantitative estimate of drug-likeness (QED) is 0.710. The minimum atomic E-state index is 0.777. The summed E-state index contributed by atoms with van der Waals surface area (Å²) in [6.07, 6.45) is 5.32. The van der Waals surface area contributed by atoms with Crippen LogP contribution in [-0.4, -0.2) is 23.6 Å². The molecule has 0 spiro atoms. The van der Waals surface area contributed by atoms with Crippen LogP contribution in [0.3, 0.4) is 0 Å². The fraction of sp³-hybridized carbons (Fsp3) is 1.00.